The second-order valence-electron chi connectivity index (χ2n) is 4.15. The van der Waals surface area contributed by atoms with E-state index in [1.807, 2.05) is 0 Å². The van der Waals surface area contributed by atoms with E-state index < -0.39 is 0 Å². The molecular weight excluding hydrogens is 226 g/mol. The molecule has 2 rings (SSSR count). The molecule has 0 saturated carbocycles. The molecule has 0 aliphatic carbocycles. The third-order valence-electron chi connectivity index (χ3n) is 2.91. The number of rotatable bonds is 2. The highest BCUT2D eigenvalue weighted by atomic mass is 35.5. The number of likely N-dealkylation sites (tertiary alicyclic amines) is 1. The predicted octanol–water partition coefficient (Wildman–Crippen LogP) is 2.51. The molecule has 1 saturated heterocycles. The van der Waals surface area contributed by atoms with Crippen LogP contribution in [0.4, 0.5) is 0 Å². The number of phenols is 2. The van der Waals surface area contributed by atoms with Crippen LogP contribution in [-0.4, -0.2) is 28.2 Å². The second kappa shape index (κ2) is 5.97. The van der Waals surface area contributed by atoms with Crippen LogP contribution in [0.15, 0.2) is 18.2 Å². The van der Waals surface area contributed by atoms with Gasteiger partial charge in [0.2, 0.25) is 0 Å². The average Bonchev–Trinajstić information content (AvgIpc) is 2.25. The number of piperidine rings is 1. The van der Waals surface area contributed by atoms with E-state index in [4.69, 9.17) is 0 Å². The Kier molecular flexibility index (Phi) is 4.90. The first-order chi connectivity index (χ1) is 7.25. The van der Waals surface area contributed by atoms with Crippen molar-refractivity contribution < 1.29 is 10.2 Å². The van der Waals surface area contributed by atoms with Crippen molar-refractivity contribution in [1.82, 2.24) is 4.90 Å². The van der Waals surface area contributed by atoms with E-state index >= 15 is 0 Å². The van der Waals surface area contributed by atoms with Gasteiger partial charge < -0.3 is 10.2 Å². The first-order valence-corrected chi connectivity index (χ1v) is 5.49. The summed E-state index contributed by atoms with van der Waals surface area (Å²) in [7, 11) is 0. The zero-order valence-electron chi connectivity index (χ0n) is 9.22. The summed E-state index contributed by atoms with van der Waals surface area (Å²) in [6, 6.07) is 4.70. The van der Waals surface area contributed by atoms with Gasteiger partial charge in [0, 0.05) is 12.1 Å². The predicted molar refractivity (Wildman–Crippen MR) is 66.1 cm³/mol. The molecule has 1 aromatic carbocycles. The third-order valence-corrected chi connectivity index (χ3v) is 2.91. The maximum absolute atomic E-state index is 9.63. The molecular formula is C12H18ClNO2. The Labute approximate surface area is 102 Å². The van der Waals surface area contributed by atoms with E-state index in [1.165, 1.54) is 25.3 Å². The van der Waals surface area contributed by atoms with E-state index in [-0.39, 0.29) is 23.9 Å². The largest absolute Gasteiger partial charge is 0.508 e. The maximum Gasteiger partial charge on any atom is 0.120 e. The Morgan fingerprint density at radius 3 is 2.44 bits per heavy atom. The highest BCUT2D eigenvalue weighted by Gasteiger charge is 2.12. The number of phenolic OH excluding ortho intramolecular Hbond substituents is 2. The van der Waals surface area contributed by atoms with Gasteiger partial charge in [-0.3, -0.25) is 4.90 Å². The van der Waals surface area contributed by atoms with Gasteiger partial charge in [0.25, 0.3) is 0 Å². The topological polar surface area (TPSA) is 43.7 Å². The lowest BCUT2D eigenvalue weighted by Gasteiger charge is -2.26. The molecule has 1 aliphatic rings. The number of halogens is 1. The van der Waals surface area contributed by atoms with Crippen LogP contribution in [0.2, 0.25) is 0 Å². The molecule has 0 amide bonds. The Balaban J connectivity index is 0.00000128. The summed E-state index contributed by atoms with van der Waals surface area (Å²) in [5, 5.41) is 19.0. The molecule has 1 heterocycles. The SMILES string of the molecule is Cl.Oc1ccc(O)c(CN2CCCCC2)c1. The van der Waals surface area contributed by atoms with Crippen LogP contribution in [0, 0.1) is 0 Å². The van der Waals surface area contributed by atoms with Gasteiger partial charge in [-0.15, -0.1) is 12.4 Å². The summed E-state index contributed by atoms with van der Waals surface area (Å²) in [6.45, 7) is 2.92. The standard InChI is InChI=1S/C12H17NO2.ClH/c14-11-4-5-12(15)10(8-11)9-13-6-2-1-3-7-13;/h4-5,8,14-15H,1-3,6-7,9H2;1H. The van der Waals surface area contributed by atoms with Gasteiger partial charge in [-0.1, -0.05) is 6.42 Å². The monoisotopic (exact) mass is 243 g/mol. The van der Waals surface area contributed by atoms with Crippen LogP contribution in [-0.2, 0) is 6.54 Å². The fourth-order valence-corrected chi connectivity index (χ4v) is 2.06. The Morgan fingerprint density at radius 1 is 1.06 bits per heavy atom. The van der Waals surface area contributed by atoms with Gasteiger partial charge in [-0.25, -0.2) is 0 Å². The molecule has 1 aliphatic heterocycles. The fraction of sp³-hybridized carbons (Fsp3) is 0.500. The highest BCUT2D eigenvalue weighted by molar-refractivity contribution is 5.85. The Bertz CT molecular complexity index is 338. The molecule has 90 valence electrons. The van der Waals surface area contributed by atoms with Crippen molar-refractivity contribution in [2.75, 3.05) is 13.1 Å². The van der Waals surface area contributed by atoms with Crippen molar-refractivity contribution >= 4 is 12.4 Å². The lowest BCUT2D eigenvalue weighted by molar-refractivity contribution is 0.218. The molecule has 0 bridgehead atoms. The van der Waals surface area contributed by atoms with Crippen LogP contribution in [0.25, 0.3) is 0 Å². The normalized spacial score (nSPS) is 16.8. The molecule has 1 fully saturated rings. The molecule has 1 aromatic rings. The Hall–Kier alpha value is -0.930. The maximum atomic E-state index is 9.63. The van der Waals surface area contributed by atoms with Crippen LogP contribution in [0.1, 0.15) is 24.8 Å². The summed E-state index contributed by atoms with van der Waals surface area (Å²) < 4.78 is 0. The number of hydrogen-bond donors (Lipinski definition) is 2. The molecule has 16 heavy (non-hydrogen) atoms. The van der Waals surface area contributed by atoms with Crippen LogP contribution in [0.5, 0.6) is 11.5 Å². The molecule has 0 radical (unpaired) electrons. The number of aromatic hydroxyl groups is 2. The highest BCUT2D eigenvalue weighted by Crippen LogP contribution is 2.24. The third kappa shape index (κ3) is 3.29. The molecule has 0 unspecified atom stereocenters. The van der Waals surface area contributed by atoms with Crippen LogP contribution in [0.3, 0.4) is 0 Å². The molecule has 3 nitrogen and oxygen atoms in total. The summed E-state index contributed by atoms with van der Waals surface area (Å²) >= 11 is 0. The minimum absolute atomic E-state index is 0. The van der Waals surface area contributed by atoms with Gasteiger partial charge in [0.05, 0.1) is 0 Å². The van der Waals surface area contributed by atoms with Gasteiger partial charge in [0.1, 0.15) is 11.5 Å². The average molecular weight is 244 g/mol. The zero-order valence-corrected chi connectivity index (χ0v) is 10.0. The van der Waals surface area contributed by atoms with Crippen molar-refractivity contribution in [3.63, 3.8) is 0 Å². The van der Waals surface area contributed by atoms with Crippen LogP contribution >= 0.6 is 12.4 Å². The number of nitrogens with zero attached hydrogens (tertiary/aromatic N) is 1. The van der Waals surface area contributed by atoms with Crippen molar-refractivity contribution in [2.45, 2.75) is 25.8 Å². The quantitative estimate of drug-likeness (QED) is 0.785. The molecule has 0 aromatic heterocycles. The minimum atomic E-state index is 0. The van der Waals surface area contributed by atoms with Crippen LogP contribution < -0.4 is 0 Å². The Morgan fingerprint density at radius 2 is 1.75 bits per heavy atom. The summed E-state index contributed by atoms with van der Waals surface area (Å²) in [6.07, 6.45) is 3.78. The van der Waals surface area contributed by atoms with Crippen molar-refractivity contribution in [3.05, 3.63) is 23.8 Å². The minimum Gasteiger partial charge on any atom is -0.508 e. The van der Waals surface area contributed by atoms with Crippen molar-refractivity contribution in [3.8, 4) is 11.5 Å². The van der Waals surface area contributed by atoms with Gasteiger partial charge in [-0.2, -0.15) is 0 Å². The van der Waals surface area contributed by atoms with E-state index in [2.05, 4.69) is 4.90 Å². The van der Waals surface area contributed by atoms with Gasteiger partial charge in [0.15, 0.2) is 0 Å². The van der Waals surface area contributed by atoms with E-state index in [9.17, 15) is 10.2 Å². The van der Waals surface area contributed by atoms with Crippen molar-refractivity contribution in [1.29, 1.82) is 0 Å². The van der Waals surface area contributed by atoms with Gasteiger partial charge in [-0.05, 0) is 44.1 Å². The lowest BCUT2D eigenvalue weighted by atomic mass is 10.1. The molecule has 4 heteroatoms. The molecule has 2 N–H and O–H groups in total. The van der Waals surface area contributed by atoms with E-state index in [0.717, 1.165) is 25.2 Å². The summed E-state index contributed by atoms with van der Waals surface area (Å²) in [4.78, 5) is 2.32. The molecule has 0 atom stereocenters. The smallest absolute Gasteiger partial charge is 0.120 e. The first kappa shape index (κ1) is 13.1. The van der Waals surface area contributed by atoms with E-state index in [1.54, 1.807) is 12.1 Å². The lowest BCUT2D eigenvalue weighted by Crippen LogP contribution is -2.29. The number of hydrogen-bond acceptors (Lipinski definition) is 3. The van der Waals surface area contributed by atoms with E-state index in [0.29, 0.717) is 0 Å². The summed E-state index contributed by atoms with van der Waals surface area (Å²) in [5.41, 5.74) is 0.817. The zero-order chi connectivity index (χ0) is 10.7. The second-order valence-corrected chi connectivity index (χ2v) is 4.15. The first-order valence-electron chi connectivity index (χ1n) is 5.49. The van der Waals surface area contributed by atoms with Crippen molar-refractivity contribution in [2.24, 2.45) is 0 Å². The molecule has 0 spiro atoms. The number of benzene rings is 1. The summed E-state index contributed by atoms with van der Waals surface area (Å²) in [5.74, 6) is 0.498. The fourth-order valence-electron chi connectivity index (χ4n) is 2.06. The van der Waals surface area contributed by atoms with Gasteiger partial charge >= 0.3 is 0 Å².